The van der Waals surface area contributed by atoms with Crippen molar-refractivity contribution in [3.8, 4) is 0 Å². The number of aromatic nitrogens is 2. The summed E-state index contributed by atoms with van der Waals surface area (Å²) in [6.45, 7) is 8.16. The fourth-order valence-corrected chi connectivity index (χ4v) is 3.45. The van der Waals surface area contributed by atoms with Crippen molar-refractivity contribution in [2.24, 2.45) is 0 Å². The van der Waals surface area contributed by atoms with E-state index in [2.05, 4.69) is 49.1 Å². The van der Waals surface area contributed by atoms with Crippen LogP contribution in [-0.4, -0.2) is 29.1 Å². The third kappa shape index (κ3) is 4.12. The number of aryl methyl sites for hydroxylation is 2. The molecule has 1 aliphatic heterocycles. The third-order valence-electron chi connectivity index (χ3n) is 4.28. The molecule has 0 spiro atoms. The molecule has 1 fully saturated rings. The highest BCUT2D eigenvalue weighted by Crippen LogP contribution is 2.23. The summed E-state index contributed by atoms with van der Waals surface area (Å²) in [5.41, 5.74) is 1.03. The van der Waals surface area contributed by atoms with Gasteiger partial charge >= 0.3 is 0 Å². The maximum atomic E-state index is 5.63. The van der Waals surface area contributed by atoms with E-state index in [-0.39, 0.29) is 6.04 Å². The molecule has 0 aromatic carbocycles. The Labute approximate surface area is 145 Å². The van der Waals surface area contributed by atoms with Crippen molar-refractivity contribution in [3.63, 3.8) is 0 Å². The molecular formula is C17H23BrN4O. The minimum absolute atomic E-state index is 0.224. The van der Waals surface area contributed by atoms with Crippen molar-refractivity contribution >= 4 is 21.7 Å². The highest BCUT2D eigenvalue weighted by molar-refractivity contribution is 9.10. The van der Waals surface area contributed by atoms with Gasteiger partial charge in [0, 0.05) is 30.9 Å². The van der Waals surface area contributed by atoms with Crippen LogP contribution in [0.1, 0.15) is 43.1 Å². The van der Waals surface area contributed by atoms with Crippen LogP contribution in [0.3, 0.4) is 0 Å². The van der Waals surface area contributed by atoms with E-state index in [1.165, 1.54) is 0 Å². The number of nitrogens with zero attached hydrogens (tertiary/aromatic N) is 3. The molecule has 0 bridgehead atoms. The number of furan rings is 1. The molecule has 1 atom stereocenters. The van der Waals surface area contributed by atoms with E-state index >= 15 is 0 Å². The number of hydrogen-bond acceptors (Lipinski definition) is 5. The second-order valence-corrected chi connectivity index (χ2v) is 6.99. The van der Waals surface area contributed by atoms with Crippen molar-refractivity contribution in [1.29, 1.82) is 0 Å². The van der Waals surface area contributed by atoms with Crippen LogP contribution in [0.2, 0.25) is 0 Å². The van der Waals surface area contributed by atoms with Crippen LogP contribution in [0.25, 0.3) is 0 Å². The highest BCUT2D eigenvalue weighted by atomic mass is 79.9. The molecule has 3 rings (SSSR count). The first-order valence-electron chi connectivity index (χ1n) is 8.10. The van der Waals surface area contributed by atoms with Gasteiger partial charge in [-0.1, -0.05) is 0 Å². The number of nitrogens with one attached hydrogen (secondary N) is 1. The number of anilines is 1. The Bertz CT molecular complexity index is 644. The van der Waals surface area contributed by atoms with Gasteiger partial charge in [0.1, 0.15) is 17.4 Å². The van der Waals surface area contributed by atoms with Crippen molar-refractivity contribution in [3.05, 3.63) is 40.1 Å². The van der Waals surface area contributed by atoms with Gasteiger partial charge in [0.25, 0.3) is 0 Å². The third-order valence-corrected chi connectivity index (χ3v) is 4.70. The molecule has 0 aliphatic carbocycles. The van der Waals surface area contributed by atoms with Gasteiger partial charge in [0.2, 0.25) is 0 Å². The fraction of sp³-hybridized carbons (Fsp3) is 0.529. The summed E-state index contributed by atoms with van der Waals surface area (Å²) in [4.78, 5) is 11.3. The second-order valence-electron chi connectivity index (χ2n) is 6.21. The lowest BCUT2D eigenvalue weighted by atomic mass is 10.0. The van der Waals surface area contributed by atoms with E-state index in [0.29, 0.717) is 6.04 Å². The summed E-state index contributed by atoms with van der Waals surface area (Å²) >= 11 is 3.36. The van der Waals surface area contributed by atoms with Gasteiger partial charge in [-0.2, -0.15) is 0 Å². The lowest BCUT2D eigenvalue weighted by Crippen LogP contribution is -2.43. The van der Waals surface area contributed by atoms with Gasteiger partial charge in [-0.3, -0.25) is 0 Å². The lowest BCUT2D eigenvalue weighted by Gasteiger charge is -2.34. The van der Waals surface area contributed by atoms with E-state index in [1.54, 1.807) is 0 Å². The summed E-state index contributed by atoms with van der Waals surface area (Å²) in [6, 6.07) is 6.76. The normalized spacial score (nSPS) is 17.5. The van der Waals surface area contributed by atoms with E-state index in [9.17, 15) is 0 Å². The second kappa shape index (κ2) is 7.01. The molecule has 5 nitrogen and oxygen atoms in total. The number of halogens is 1. The summed E-state index contributed by atoms with van der Waals surface area (Å²) < 4.78 is 6.41. The zero-order valence-corrected chi connectivity index (χ0v) is 15.4. The Morgan fingerprint density at radius 3 is 2.61 bits per heavy atom. The van der Waals surface area contributed by atoms with E-state index in [0.717, 1.165) is 53.7 Å². The topological polar surface area (TPSA) is 54.2 Å². The monoisotopic (exact) mass is 378 g/mol. The molecular weight excluding hydrogens is 356 g/mol. The van der Waals surface area contributed by atoms with E-state index in [4.69, 9.17) is 4.42 Å². The number of hydrogen-bond donors (Lipinski definition) is 1. The minimum Gasteiger partial charge on any atom is -0.453 e. The van der Waals surface area contributed by atoms with E-state index < -0.39 is 0 Å². The van der Waals surface area contributed by atoms with Crippen LogP contribution in [-0.2, 0) is 0 Å². The van der Waals surface area contributed by atoms with Crippen LogP contribution in [0.4, 0.5) is 5.82 Å². The highest BCUT2D eigenvalue weighted by Gasteiger charge is 2.23. The van der Waals surface area contributed by atoms with Crippen LogP contribution in [0.15, 0.2) is 27.3 Å². The maximum Gasteiger partial charge on any atom is 0.169 e. The van der Waals surface area contributed by atoms with Crippen molar-refractivity contribution in [2.75, 3.05) is 18.0 Å². The van der Waals surface area contributed by atoms with Gasteiger partial charge in [-0.15, -0.1) is 0 Å². The number of piperidine rings is 1. The maximum absolute atomic E-state index is 5.63. The van der Waals surface area contributed by atoms with E-state index in [1.807, 2.05) is 26.0 Å². The van der Waals surface area contributed by atoms with Crippen molar-refractivity contribution in [2.45, 2.75) is 45.7 Å². The first-order valence-corrected chi connectivity index (χ1v) is 8.89. The predicted molar refractivity (Wildman–Crippen MR) is 94.7 cm³/mol. The van der Waals surface area contributed by atoms with Crippen molar-refractivity contribution in [1.82, 2.24) is 15.3 Å². The molecule has 0 amide bonds. The average molecular weight is 379 g/mol. The smallest absolute Gasteiger partial charge is 0.169 e. The Morgan fingerprint density at radius 2 is 2.00 bits per heavy atom. The summed E-state index contributed by atoms with van der Waals surface area (Å²) in [5, 5.41) is 3.67. The summed E-state index contributed by atoms with van der Waals surface area (Å²) in [7, 11) is 0. The Morgan fingerprint density at radius 1 is 1.26 bits per heavy atom. The van der Waals surface area contributed by atoms with Gasteiger partial charge < -0.3 is 14.6 Å². The van der Waals surface area contributed by atoms with Gasteiger partial charge in [-0.05, 0) is 61.7 Å². The molecule has 23 heavy (non-hydrogen) atoms. The largest absolute Gasteiger partial charge is 0.453 e. The van der Waals surface area contributed by atoms with Crippen LogP contribution < -0.4 is 10.2 Å². The van der Waals surface area contributed by atoms with Gasteiger partial charge in [0.05, 0.1) is 6.04 Å². The molecule has 1 unspecified atom stereocenters. The molecule has 1 N–H and O–H groups in total. The SMILES string of the molecule is Cc1cc(N2CCC(NC(C)c3ccc(Br)o3)CC2)nc(C)n1. The molecule has 1 saturated heterocycles. The van der Waals surface area contributed by atoms with Gasteiger partial charge in [-0.25, -0.2) is 9.97 Å². The Hall–Kier alpha value is -1.40. The van der Waals surface area contributed by atoms with Gasteiger partial charge in [0.15, 0.2) is 4.67 Å². The number of rotatable bonds is 4. The lowest BCUT2D eigenvalue weighted by molar-refractivity contribution is 0.343. The molecule has 3 heterocycles. The standard InChI is InChI=1S/C17H23BrN4O/c1-11-10-17(21-13(3)19-11)22-8-6-14(7-9-22)20-12(2)15-4-5-16(18)23-15/h4-5,10,12,14,20H,6-9H2,1-3H3. The molecule has 0 radical (unpaired) electrons. The molecule has 2 aromatic rings. The minimum atomic E-state index is 0.224. The van der Waals surface area contributed by atoms with Crippen LogP contribution in [0.5, 0.6) is 0 Å². The Kier molecular flexibility index (Phi) is 5.02. The molecule has 124 valence electrons. The fourth-order valence-electron chi connectivity index (χ4n) is 3.13. The quantitative estimate of drug-likeness (QED) is 0.877. The van der Waals surface area contributed by atoms with Crippen molar-refractivity contribution < 1.29 is 4.42 Å². The zero-order chi connectivity index (χ0) is 16.4. The van der Waals surface area contributed by atoms with Crippen LogP contribution in [0, 0.1) is 13.8 Å². The molecule has 0 saturated carbocycles. The Balaban J connectivity index is 1.56. The molecule has 2 aromatic heterocycles. The molecule has 1 aliphatic rings. The first kappa shape index (κ1) is 16.5. The molecule has 6 heteroatoms. The summed E-state index contributed by atoms with van der Waals surface area (Å²) in [5.74, 6) is 2.87. The van der Waals surface area contributed by atoms with Crippen LogP contribution >= 0.6 is 15.9 Å². The average Bonchev–Trinajstić information content (AvgIpc) is 2.94. The zero-order valence-electron chi connectivity index (χ0n) is 13.8. The first-order chi connectivity index (χ1) is 11.0. The predicted octanol–water partition coefficient (Wildman–Crippen LogP) is 3.77. The summed E-state index contributed by atoms with van der Waals surface area (Å²) in [6.07, 6.45) is 2.21.